The second-order valence-corrected chi connectivity index (χ2v) is 6.12. The third-order valence-corrected chi connectivity index (χ3v) is 4.28. The number of aryl methyl sites for hydroxylation is 1. The molecule has 0 saturated carbocycles. The first-order chi connectivity index (χ1) is 11.0. The van der Waals surface area contributed by atoms with Gasteiger partial charge >= 0.3 is 6.03 Å². The van der Waals surface area contributed by atoms with Crippen molar-refractivity contribution in [3.05, 3.63) is 29.3 Å². The second kappa shape index (κ2) is 7.85. The van der Waals surface area contributed by atoms with Gasteiger partial charge in [0.05, 0.1) is 6.04 Å². The lowest BCUT2D eigenvalue weighted by Crippen LogP contribution is -2.49. The Morgan fingerprint density at radius 3 is 2.87 bits per heavy atom. The number of carbonyl (C=O) groups excluding carboxylic acids is 2. The Morgan fingerprint density at radius 1 is 1.39 bits per heavy atom. The number of fused-ring (bicyclic) bond motifs is 1. The summed E-state index contributed by atoms with van der Waals surface area (Å²) in [5.41, 5.74) is 14.1. The van der Waals surface area contributed by atoms with Crippen LogP contribution in [0.15, 0.2) is 18.2 Å². The summed E-state index contributed by atoms with van der Waals surface area (Å²) in [5.74, 6) is -0.174. The first-order valence-electron chi connectivity index (χ1n) is 8.26. The molecule has 0 fully saturated rings. The molecule has 2 atom stereocenters. The highest BCUT2D eigenvalue weighted by molar-refractivity contribution is 5.86. The molecule has 23 heavy (non-hydrogen) atoms. The summed E-state index contributed by atoms with van der Waals surface area (Å²) in [6.45, 7) is 2.04. The highest BCUT2D eigenvalue weighted by Gasteiger charge is 2.26. The van der Waals surface area contributed by atoms with E-state index in [0.29, 0.717) is 6.42 Å². The number of carbonyl (C=O) groups is 2. The van der Waals surface area contributed by atoms with Crippen molar-refractivity contribution in [2.45, 2.75) is 57.5 Å². The monoisotopic (exact) mass is 318 g/mol. The average molecular weight is 318 g/mol. The molecule has 1 aromatic rings. The number of primary amides is 1. The first kappa shape index (κ1) is 17.1. The van der Waals surface area contributed by atoms with E-state index in [9.17, 15) is 9.59 Å². The number of nitrogen functional groups attached to an aromatic ring is 1. The van der Waals surface area contributed by atoms with E-state index in [-0.39, 0.29) is 11.9 Å². The largest absolute Gasteiger partial charge is 0.399 e. The lowest BCUT2D eigenvalue weighted by molar-refractivity contribution is -0.124. The molecule has 0 radical (unpaired) electrons. The number of hydrogen-bond donors (Lipinski definition) is 4. The maximum Gasteiger partial charge on any atom is 0.312 e. The van der Waals surface area contributed by atoms with Crippen LogP contribution >= 0.6 is 0 Å². The van der Waals surface area contributed by atoms with Crippen LogP contribution < -0.4 is 22.1 Å². The van der Waals surface area contributed by atoms with Gasteiger partial charge in [-0.1, -0.05) is 25.8 Å². The minimum atomic E-state index is -0.668. The van der Waals surface area contributed by atoms with Crippen LogP contribution in [0.5, 0.6) is 0 Å². The van der Waals surface area contributed by atoms with Crippen molar-refractivity contribution in [2.24, 2.45) is 5.73 Å². The van der Waals surface area contributed by atoms with Gasteiger partial charge in [-0.3, -0.25) is 4.79 Å². The van der Waals surface area contributed by atoms with Gasteiger partial charge in [-0.25, -0.2) is 4.79 Å². The Balaban J connectivity index is 2.08. The maximum absolute atomic E-state index is 12.5. The third-order valence-electron chi connectivity index (χ3n) is 4.28. The van der Waals surface area contributed by atoms with Crippen molar-refractivity contribution in [1.82, 2.24) is 10.6 Å². The Kier molecular flexibility index (Phi) is 5.84. The zero-order valence-electron chi connectivity index (χ0n) is 13.6. The summed E-state index contributed by atoms with van der Waals surface area (Å²) < 4.78 is 0. The Bertz CT molecular complexity index is 574. The van der Waals surface area contributed by atoms with Crippen LogP contribution in [0.4, 0.5) is 10.5 Å². The summed E-state index contributed by atoms with van der Waals surface area (Å²) in [6, 6.07) is 4.54. The fraction of sp³-hybridized carbons (Fsp3) is 0.529. The van der Waals surface area contributed by atoms with Gasteiger partial charge in [0.15, 0.2) is 0 Å². The van der Waals surface area contributed by atoms with Crippen LogP contribution in [0.25, 0.3) is 0 Å². The number of anilines is 1. The van der Waals surface area contributed by atoms with E-state index in [1.54, 1.807) is 0 Å². The lowest BCUT2D eigenvalue weighted by atomic mass is 9.87. The molecule has 0 aromatic heterocycles. The molecular weight excluding hydrogens is 292 g/mol. The van der Waals surface area contributed by atoms with Gasteiger partial charge < -0.3 is 22.1 Å². The number of benzene rings is 1. The first-order valence-corrected chi connectivity index (χ1v) is 8.26. The summed E-state index contributed by atoms with van der Waals surface area (Å²) in [7, 11) is 0. The predicted molar refractivity (Wildman–Crippen MR) is 90.7 cm³/mol. The minimum absolute atomic E-state index is 0.0364. The number of amides is 3. The molecule has 0 heterocycles. The average Bonchev–Trinajstić information content (AvgIpc) is 2.50. The molecule has 2 rings (SSSR count). The molecule has 1 aliphatic carbocycles. The zero-order valence-corrected chi connectivity index (χ0v) is 13.6. The zero-order chi connectivity index (χ0) is 16.8. The molecule has 126 valence electrons. The molecule has 0 spiro atoms. The van der Waals surface area contributed by atoms with Gasteiger partial charge in [0.1, 0.15) is 6.04 Å². The van der Waals surface area contributed by atoms with Crippen molar-refractivity contribution in [3.8, 4) is 0 Å². The van der Waals surface area contributed by atoms with Crippen molar-refractivity contribution >= 4 is 17.6 Å². The number of unbranched alkanes of at least 4 members (excludes halogenated alkanes) is 1. The van der Waals surface area contributed by atoms with Gasteiger partial charge in [-0.05, 0) is 48.9 Å². The molecular formula is C17H26N4O2. The van der Waals surface area contributed by atoms with E-state index in [1.165, 1.54) is 5.56 Å². The minimum Gasteiger partial charge on any atom is -0.399 e. The van der Waals surface area contributed by atoms with E-state index < -0.39 is 12.1 Å². The predicted octanol–water partition coefficient (Wildman–Crippen LogP) is 1.99. The number of hydrogen-bond acceptors (Lipinski definition) is 3. The van der Waals surface area contributed by atoms with Crippen LogP contribution in [0, 0.1) is 0 Å². The lowest BCUT2D eigenvalue weighted by Gasteiger charge is -2.28. The van der Waals surface area contributed by atoms with Crippen molar-refractivity contribution in [3.63, 3.8) is 0 Å². The summed E-state index contributed by atoms with van der Waals surface area (Å²) in [5, 5.41) is 5.60. The van der Waals surface area contributed by atoms with Gasteiger partial charge in [-0.2, -0.15) is 0 Å². The van der Waals surface area contributed by atoms with Crippen molar-refractivity contribution < 1.29 is 9.59 Å². The SMILES string of the molecule is CCCCC(NC(N)=O)C(=O)NC1CCCc2cc(N)ccc21. The molecule has 0 aliphatic heterocycles. The molecule has 1 aliphatic rings. The highest BCUT2D eigenvalue weighted by Crippen LogP contribution is 2.31. The molecule has 0 bridgehead atoms. The van der Waals surface area contributed by atoms with Gasteiger partial charge in [0, 0.05) is 5.69 Å². The topological polar surface area (TPSA) is 110 Å². The second-order valence-electron chi connectivity index (χ2n) is 6.12. The number of nitrogens with two attached hydrogens (primary N) is 2. The molecule has 1 aromatic carbocycles. The normalized spacial score (nSPS) is 17.9. The highest BCUT2D eigenvalue weighted by atomic mass is 16.2. The van der Waals surface area contributed by atoms with Crippen LogP contribution in [0.3, 0.4) is 0 Å². The van der Waals surface area contributed by atoms with Crippen molar-refractivity contribution in [1.29, 1.82) is 0 Å². The molecule has 6 N–H and O–H groups in total. The van der Waals surface area contributed by atoms with Crippen LogP contribution in [-0.2, 0) is 11.2 Å². The molecule has 2 unspecified atom stereocenters. The van der Waals surface area contributed by atoms with Gasteiger partial charge in [-0.15, -0.1) is 0 Å². The number of nitrogens with one attached hydrogen (secondary N) is 2. The maximum atomic E-state index is 12.5. The van der Waals surface area contributed by atoms with Gasteiger partial charge in [0.25, 0.3) is 0 Å². The molecule has 6 heteroatoms. The standard InChI is InChI=1S/C17H26N4O2/c1-2-3-6-15(21-17(19)23)16(22)20-14-7-4-5-11-10-12(18)8-9-13(11)14/h8-10,14-15H,2-7,18H2,1H3,(H,20,22)(H3,19,21,23). The Morgan fingerprint density at radius 2 is 2.17 bits per heavy atom. The number of urea groups is 1. The molecule has 6 nitrogen and oxygen atoms in total. The summed E-state index contributed by atoms with van der Waals surface area (Å²) in [6.07, 6.45) is 5.27. The Hall–Kier alpha value is -2.24. The van der Waals surface area contributed by atoms with Crippen LogP contribution in [-0.4, -0.2) is 18.0 Å². The third kappa shape index (κ3) is 4.61. The molecule has 3 amide bonds. The summed E-state index contributed by atoms with van der Waals surface area (Å²) in [4.78, 5) is 23.6. The van der Waals surface area contributed by atoms with E-state index >= 15 is 0 Å². The smallest absolute Gasteiger partial charge is 0.312 e. The summed E-state index contributed by atoms with van der Waals surface area (Å²) >= 11 is 0. The number of rotatable bonds is 6. The molecule has 0 saturated heterocycles. The van der Waals surface area contributed by atoms with E-state index in [4.69, 9.17) is 11.5 Å². The van der Waals surface area contributed by atoms with E-state index in [1.807, 2.05) is 25.1 Å². The fourth-order valence-electron chi connectivity index (χ4n) is 3.11. The van der Waals surface area contributed by atoms with Crippen molar-refractivity contribution in [2.75, 3.05) is 5.73 Å². The van der Waals surface area contributed by atoms with Gasteiger partial charge in [0.2, 0.25) is 5.91 Å². The van der Waals surface area contributed by atoms with E-state index in [2.05, 4.69) is 10.6 Å². The van der Waals surface area contributed by atoms with Crippen LogP contribution in [0.1, 0.15) is 56.2 Å². The van der Waals surface area contributed by atoms with E-state index in [0.717, 1.165) is 43.4 Å². The van der Waals surface area contributed by atoms with Crippen LogP contribution in [0.2, 0.25) is 0 Å². The quantitative estimate of drug-likeness (QED) is 0.602. The Labute approximate surface area is 137 Å². The fourth-order valence-corrected chi connectivity index (χ4v) is 3.11.